The first kappa shape index (κ1) is 12.1. The maximum atomic E-state index is 12.0. The Kier molecular flexibility index (Phi) is 3.17. The van der Waals surface area contributed by atoms with Crippen LogP contribution in [0.2, 0.25) is 5.22 Å². The van der Waals surface area contributed by atoms with Crippen molar-refractivity contribution in [2.75, 3.05) is 17.2 Å². The fourth-order valence-electron chi connectivity index (χ4n) is 2.21. The third-order valence-corrected chi connectivity index (χ3v) is 3.46. The summed E-state index contributed by atoms with van der Waals surface area (Å²) in [6, 6.07) is 7.41. The van der Waals surface area contributed by atoms with Gasteiger partial charge in [-0.25, -0.2) is 0 Å². The van der Waals surface area contributed by atoms with Crippen LogP contribution in [0.4, 0.5) is 11.4 Å². The van der Waals surface area contributed by atoms with Crippen LogP contribution in [0.3, 0.4) is 0 Å². The zero-order valence-corrected chi connectivity index (χ0v) is 11.0. The van der Waals surface area contributed by atoms with E-state index in [0.717, 1.165) is 30.8 Å². The molecular formula is C14H13ClN2O2. The molecule has 1 amide bonds. The van der Waals surface area contributed by atoms with Gasteiger partial charge in [0.25, 0.3) is 5.91 Å². The molecular weight excluding hydrogens is 264 g/mol. The number of aryl methyl sites for hydroxylation is 1. The summed E-state index contributed by atoms with van der Waals surface area (Å²) in [6.45, 7) is 1.00. The van der Waals surface area contributed by atoms with Gasteiger partial charge in [-0.2, -0.15) is 0 Å². The molecule has 1 aromatic carbocycles. The number of rotatable bonds is 2. The first-order valence-corrected chi connectivity index (χ1v) is 6.53. The lowest BCUT2D eigenvalue weighted by molar-refractivity contribution is 0.102. The molecule has 1 aliphatic heterocycles. The van der Waals surface area contributed by atoms with E-state index < -0.39 is 0 Å². The molecule has 0 atom stereocenters. The summed E-state index contributed by atoms with van der Waals surface area (Å²) in [5.74, 6) is -0.262. The third-order valence-electron chi connectivity index (χ3n) is 3.16. The van der Waals surface area contributed by atoms with Gasteiger partial charge >= 0.3 is 0 Å². The second-order valence-corrected chi connectivity index (χ2v) is 4.81. The third kappa shape index (κ3) is 2.44. The number of anilines is 2. The predicted molar refractivity (Wildman–Crippen MR) is 74.9 cm³/mol. The number of furan rings is 1. The van der Waals surface area contributed by atoms with Gasteiger partial charge in [-0.05, 0) is 54.3 Å². The molecule has 4 nitrogen and oxygen atoms in total. The van der Waals surface area contributed by atoms with Crippen molar-refractivity contribution in [3.63, 3.8) is 0 Å². The number of hydrogen-bond donors (Lipinski definition) is 2. The first-order valence-electron chi connectivity index (χ1n) is 6.15. The van der Waals surface area contributed by atoms with Gasteiger partial charge in [0.2, 0.25) is 5.22 Å². The van der Waals surface area contributed by atoms with Crippen LogP contribution in [-0.4, -0.2) is 12.5 Å². The standard InChI is InChI=1S/C14H13ClN2O2/c15-13-11(5-7-19-13)14(18)17-10-3-4-12-9(8-10)2-1-6-16-12/h3-5,7-8,16H,1-2,6H2,(H,17,18). The minimum atomic E-state index is -0.262. The maximum absolute atomic E-state index is 12.0. The SMILES string of the molecule is O=C(Nc1ccc2c(c1)CCCN2)c1ccoc1Cl. The van der Waals surface area contributed by atoms with E-state index in [-0.39, 0.29) is 11.1 Å². The number of halogens is 1. The van der Waals surface area contributed by atoms with Gasteiger partial charge in [-0.3, -0.25) is 4.79 Å². The molecule has 1 aliphatic rings. The van der Waals surface area contributed by atoms with Gasteiger partial charge < -0.3 is 15.1 Å². The lowest BCUT2D eigenvalue weighted by atomic mass is 10.0. The average Bonchev–Trinajstić information content (AvgIpc) is 2.85. The van der Waals surface area contributed by atoms with Gasteiger partial charge in [0.05, 0.1) is 11.8 Å². The van der Waals surface area contributed by atoms with E-state index in [1.807, 2.05) is 18.2 Å². The van der Waals surface area contributed by atoms with Crippen LogP contribution < -0.4 is 10.6 Å². The largest absolute Gasteiger partial charge is 0.452 e. The minimum Gasteiger partial charge on any atom is -0.452 e. The second kappa shape index (κ2) is 4.97. The zero-order valence-electron chi connectivity index (χ0n) is 10.2. The van der Waals surface area contributed by atoms with Gasteiger partial charge in [0.1, 0.15) is 0 Å². The normalized spacial score (nSPS) is 13.5. The molecule has 19 heavy (non-hydrogen) atoms. The van der Waals surface area contributed by atoms with E-state index in [9.17, 15) is 4.79 Å². The van der Waals surface area contributed by atoms with Crippen molar-refractivity contribution in [2.24, 2.45) is 0 Å². The average molecular weight is 277 g/mol. The monoisotopic (exact) mass is 276 g/mol. The summed E-state index contributed by atoms with van der Waals surface area (Å²) in [6.07, 6.45) is 3.53. The number of benzene rings is 1. The molecule has 98 valence electrons. The van der Waals surface area contributed by atoms with Gasteiger partial charge in [0.15, 0.2) is 0 Å². The van der Waals surface area contributed by atoms with Crippen molar-refractivity contribution in [2.45, 2.75) is 12.8 Å². The Morgan fingerprint density at radius 3 is 3.05 bits per heavy atom. The summed E-state index contributed by atoms with van der Waals surface area (Å²) in [4.78, 5) is 12.0. The van der Waals surface area contributed by atoms with Crippen molar-refractivity contribution in [3.8, 4) is 0 Å². The Labute approximate surface area is 115 Å². The smallest absolute Gasteiger partial charge is 0.260 e. The molecule has 0 saturated carbocycles. The van der Waals surface area contributed by atoms with Crippen LogP contribution in [0.5, 0.6) is 0 Å². The van der Waals surface area contributed by atoms with Gasteiger partial charge in [-0.1, -0.05) is 0 Å². The van der Waals surface area contributed by atoms with E-state index in [4.69, 9.17) is 16.0 Å². The second-order valence-electron chi connectivity index (χ2n) is 4.46. The lowest BCUT2D eigenvalue weighted by Gasteiger charge is -2.18. The fourth-order valence-corrected chi connectivity index (χ4v) is 2.41. The molecule has 2 N–H and O–H groups in total. The summed E-state index contributed by atoms with van der Waals surface area (Å²) in [5, 5.41) is 6.26. The fraction of sp³-hybridized carbons (Fsp3) is 0.214. The highest BCUT2D eigenvalue weighted by molar-refractivity contribution is 6.32. The van der Waals surface area contributed by atoms with Crippen LogP contribution in [-0.2, 0) is 6.42 Å². The van der Waals surface area contributed by atoms with Crippen LogP contribution in [0.1, 0.15) is 22.3 Å². The van der Waals surface area contributed by atoms with E-state index in [2.05, 4.69) is 10.6 Å². The zero-order chi connectivity index (χ0) is 13.2. The van der Waals surface area contributed by atoms with Crippen molar-refractivity contribution in [1.82, 2.24) is 0 Å². The Hall–Kier alpha value is -1.94. The molecule has 2 aromatic rings. The van der Waals surface area contributed by atoms with Crippen LogP contribution >= 0.6 is 11.6 Å². The molecule has 0 fully saturated rings. The predicted octanol–water partition coefficient (Wildman–Crippen LogP) is 3.54. The Bertz CT molecular complexity index is 622. The summed E-state index contributed by atoms with van der Waals surface area (Å²) >= 11 is 5.78. The van der Waals surface area contributed by atoms with E-state index >= 15 is 0 Å². The van der Waals surface area contributed by atoms with Crippen molar-refractivity contribution < 1.29 is 9.21 Å². The molecule has 2 heterocycles. The van der Waals surface area contributed by atoms with Crippen molar-refractivity contribution >= 4 is 28.9 Å². The highest BCUT2D eigenvalue weighted by Crippen LogP contribution is 2.26. The lowest BCUT2D eigenvalue weighted by Crippen LogP contribution is -2.14. The van der Waals surface area contributed by atoms with E-state index in [1.54, 1.807) is 6.07 Å². The first-order chi connectivity index (χ1) is 9.24. The number of amides is 1. The van der Waals surface area contributed by atoms with Crippen molar-refractivity contribution in [3.05, 3.63) is 46.9 Å². The molecule has 0 bridgehead atoms. The molecule has 1 aromatic heterocycles. The van der Waals surface area contributed by atoms with Crippen LogP contribution in [0.15, 0.2) is 34.9 Å². The quantitative estimate of drug-likeness (QED) is 0.882. The molecule has 0 unspecified atom stereocenters. The Morgan fingerprint density at radius 1 is 1.37 bits per heavy atom. The number of carbonyl (C=O) groups excluding carboxylic acids is 1. The van der Waals surface area contributed by atoms with E-state index in [0.29, 0.717) is 5.56 Å². The number of carbonyl (C=O) groups is 1. The number of hydrogen-bond acceptors (Lipinski definition) is 3. The van der Waals surface area contributed by atoms with Gasteiger partial charge in [-0.15, -0.1) is 0 Å². The topological polar surface area (TPSA) is 54.3 Å². The Balaban J connectivity index is 1.80. The summed E-state index contributed by atoms with van der Waals surface area (Å²) in [5.41, 5.74) is 3.48. The molecule has 0 spiro atoms. The highest BCUT2D eigenvalue weighted by atomic mass is 35.5. The van der Waals surface area contributed by atoms with Crippen LogP contribution in [0.25, 0.3) is 0 Å². The molecule has 5 heteroatoms. The molecule has 0 radical (unpaired) electrons. The van der Waals surface area contributed by atoms with Gasteiger partial charge in [0, 0.05) is 17.9 Å². The van der Waals surface area contributed by atoms with Crippen molar-refractivity contribution in [1.29, 1.82) is 0 Å². The number of nitrogens with one attached hydrogen (secondary N) is 2. The molecule has 3 rings (SSSR count). The molecule has 0 saturated heterocycles. The highest BCUT2D eigenvalue weighted by Gasteiger charge is 2.14. The molecule has 0 aliphatic carbocycles. The van der Waals surface area contributed by atoms with Crippen LogP contribution in [0, 0.1) is 0 Å². The number of fused-ring (bicyclic) bond motifs is 1. The summed E-state index contributed by atoms with van der Waals surface area (Å²) < 4.78 is 4.91. The van der Waals surface area contributed by atoms with E-state index in [1.165, 1.54) is 11.8 Å². The summed E-state index contributed by atoms with van der Waals surface area (Å²) in [7, 11) is 0. The Morgan fingerprint density at radius 2 is 2.26 bits per heavy atom. The maximum Gasteiger partial charge on any atom is 0.260 e. The minimum absolute atomic E-state index is 0.108.